The van der Waals surface area contributed by atoms with Crippen molar-refractivity contribution in [3.8, 4) is 0 Å². The molecule has 1 aliphatic heterocycles. The summed E-state index contributed by atoms with van der Waals surface area (Å²) in [6.07, 6.45) is 4.88. The second-order valence-corrected chi connectivity index (χ2v) is 3.10. The molecule has 0 spiro atoms. The van der Waals surface area contributed by atoms with E-state index in [0.29, 0.717) is 0 Å². The van der Waals surface area contributed by atoms with Crippen molar-refractivity contribution in [2.75, 3.05) is 19.6 Å². The van der Waals surface area contributed by atoms with Gasteiger partial charge in [-0.3, -0.25) is 4.90 Å². The van der Waals surface area contributed by atoms with Crippen LogP contribution in [-0.4, -0.2) is 24.5 Å². The Labute approximate surface area is 63.7 Å². The number of rotatable bonds is 2. The van der Waals surface area contributed by atoms with Crippen LogP contribution in [0.25, 0.3) is 0 Å². The fraction of sp³-hybridized carbons (Fsp3) is 0.667. The van der Waals surface area contributed by atoms with E-state index < -0.39 is 0 Å². The van der Waals surface area contributed by atoms with Crippen molar-refractivity contribution in [1.82, 2.24) is 4.90 Å². The number of piperidine rings is 1. The Morgan fingerprint density at radius 3 is 2.60 bits per heavy atom. The standard InChI is InChI=1S/C9H16N/c1-9(2)8-10-6-4-3-5-7-10/h3H,1,4-8H2,2H3. The first-order valence-electron chi connectivity index (χ1n) is 3.97. The summed E-state index contributed by atoms with van der Waals surface area (Å²) < 4.78 is 0. The van der Waals surface area contributed by atoms with E-state index in [1.165, 1.54) is 31.5 Å². The van der Waals surface area contributed by atoms with Gasteiger partial charge < -0.3 is 0 Å². The molecule has 0 aromatic carbocycles. The van der Waals surface area contributed by atoms with Crippen molar-refractivity contribution in [3.63, 3.8) is 0 Å². The lowest BCUT2D eigenvalue weighted by Crippen LogP contribution is -2.31. The maximum atomic E-state index is 3.90. The molecule has 1 fully saturated rings. The second-order valence-electron chi connectivity index (χ2n) is 3.10. The van der Waals surface area contributed by atoms with E-state index in [-0.39, 0.29) is 0 Å². The Kier molecular flexibility index (Phi) is 2.94. The molecule has 0 aromatic heterocycles. The van der Waals surface area contributed by atoms with E-state index in [1.54, 1.807) is 0 Å². The van der Waals surface area contributed by atoms with Crippen molar-refractivity contribution in [2.24, 2.45) is 0 Å². The molecular formula is C9H16N. The van der Waals surface area contributed by atoms with Gasteiger partial charge in [0.05, 0.1) is 0 Å². The van der Waals surface area contributed by atoms with Gasteiger partial charge in [0, 0.05) is 6.54 Å². The first-order valence-corrected chi connectivity index (χ1v) is 3.97. The Balaban J connectivity index is 2.19. The van der Waals surface area contributed by atoms with Gasteiger partial charge in [-0.05, 0) is 39.3 Å². The van der Waals surface area contributed by atoms with Crippen LogP contribution < -0.4 is 0 Å². The fourth-order valence-corrected chi connectivity index (χ4v) is 1.34. The van der Waals surface area contributed by atoms with Gasteiger partial charge >= 0.3 is 0 Å². The summed E-state index contributed by atoms with van der Waals surface area (Å²) in [4.78, 5) is 2.46. The van der Waals surface area contributed by atoms with Crippen LogP contribution in [0.15, 0.2) is 12.2 Å². The molecule has 0 bridgehead atoms. The predicted molar refractivity (Wildman–Crippen MR) is 44.8 cm³/mol. The van der Waals surface area contributed by atoms with Crippen molar-refractivity contribution in [2.45, 2.75) is 19.8 Å². The number of hydrogen-bond acceptors (Lipinski definition) is 1. The van der Waals surface area contributed by atoms with E-state index in [1.807, 2.05) is 0 Å². The molecule has 1 heteroatoms. The molecule has 0 aliphatic carbocycles. The molecule has 1 aliphatic rings. The van der Waals surface area contributed by atoms with Crippen LogP contribution >= 0.6 is 0 Å². The van der Waals surface area contributed by atoms with E-state index in [4.69, 9.17) is 0 Å². The highest BCUT2D eigenvalue weighted by Gasteiger charge is 2.08. The normalized spacial score (nSPS) is 20.9. The van der Waals surface area contributed by atoms with Crippen LogP contribution in [0.3, 0.4) is 0 Å². The molecule has 0 atom stereocenters. The molecule has 57 valence electrons. The van der Waals surface area contributed by atoms with Crippen molar-refractivity contribution < 1.29 is 0 Å². The zero-order valence-corrected chi connectivity index (χ0v) is 6.77. The first-order chi connectivity index (χ1) is 4.79. The largest absolute Gasteiger partial charge is 0.299 e. The van der Waals surface area contributed by atoms with Gasteiger partial charge in [-0.2, -0.15) is 0 Å². The maximum Gasteiger partial charge on any atom is 0.0187 e. The molecule has 0 unspecified atom stereocenters. The molecule has 0 N–H and O–H groups in total. The van der Waals surface area contributed by atoms with E-state index >= 15 is 0 Å². The van der Waals surface area contributed by atoms with Gasteiger partial charge in [-0.15, -0.1) is 0 Å². The summed E-state index contributed by atoms with van der Waals surface area (Å²) in [5.74, 6) is 0. The van der Waals surface area contributed by atoms with Gasteiger partial charge in [0.15, 0.2) is 0 Å². The van der Waals surface area contributed by atoms with Crippen LogP contribution in [0.4, 0.5) is 0 Å². The minimum Gasteiger partial charge on any atom is -0.299 e. The highest BCUT2D eigenvalue weighted by Crippen LogP contribution is 2.08. The number of likely N-dealkylation sites (tertiary alicyclic amines) is 1. The number of hydrogen-bond donors (Lipinski definition) is 0. The lowest BCUT2D eigenvalue weighted by Gasteiger charge is -2.26. The van der Waals surface area contributed by atoms with Gasteiger partial charge in [0.25, 0.3) is 0 Å². The van der Waals surface area contributed by atoms with Crippen molar-refractivity contribution >= 4 is 0 Å². The van der Waals surface area contributed by atoms with E-state index in [0.717, 1.165) is 6.54 Å². The Morgan fingerprint density at radius 1 is 1.50 bits per heavy atom. The third-order valence-electron chi connectivity index (χ3n) is 1.79. The lowest BCUT2D eigenvalue weighted by molar-refractivity contribution is 0.275. The van der Waals surface area contributed by atoms with E-state index in [9.17, 15) is 0 Å². The Bertz CT molecular complexity index is 112. The number of nitrogens with zero attached hydrogens (tertiary/aromatic N) is 1. The van der Waals surface area contributed by atoms with Gasteiger partial charge in [-0.1, -0.05) is 12.2 Å². The van der Waals surface area contributed by atoms with Gasteiger partial charge in [0.2, 0.25) is 0 Å². The second kappa shape index (κ2) is 3.77. The smallest absolute Gasteiger partial charge is 0.0187 e. The third-order valence-corrected chi connectivity index (χ3v) is 1.79. The zero-order chi connectivity index (χ0) is 7.40. The molecule has 10 heavy (non-hydrogen) atoms. The van der Waals surface area contributed by atoms with Crippen LogP contribution in [0, 0.1) is 6.42 Å². The summed E-state index contributed by atoms with van der Waals surface area (Å²) in [6, 6.07) is 0. The highest BCUT2D eigenvalue weighted by atomic mass is 15.1. The topological polar surface area (TPSA) is 3.24 Å². The van der Waals surface area contributed by atoms with Crippen LogP contribution in [0.2, 0.25) is 0 Å². The molecule has 0 aromatic rings. The summed E-state index contributed by atoms with van der Waals surface area (Å²) in [5.41, 5.74) is 1.28. The first kappa shape index (κ1) is 7.80. The summed E-state index contributed by atoms with van der Waals surface area (Å²) in [7, 11) is 0. The molecule has 1 heterocycles. The average molecular weight is 138 g/mol. The van der Waals surface area contributed by atoms with Crippen LogP contribution in [0.5, 0.6) is 0 Å². The molecule has 1 saturated heterocycles. The SMILES string of the molecule is C=C(C)CN1CC[CH]CC1. The molecular weight excluding hydrogens is 122 g/mol. The molecule has 0 saturated carbocycles. The predicted octanol–water partition coefficient (Wildman–Crippen LogP) is 1.86. The molecule has 1 radical (unpaired) electrons. The van der Waals surface area contributed by atoms with Crippen molar-refractivity contribution in [1.29, 1.82) is 0 Å². The molecule has 0 amide bonds. The highest BCUT2D eigenvalue weighted by molar-refractivity contribution is 4.93. The minimum absolute atomic E-state index is 1.09. The lowest BCUT2D eigenvalue weighted by atomic mass is 10.1. The fourth-order valence-electron chi connectivity index (χ4n) is 1.34. The average Bonchev–Trinajstić information content (AvgIpc) is 1.88. The van der Waals surface area contributed by atoms with Crippen molar-refractivity contribution in [3.05, 3.63) is 18.6 Å². The molecule has 1 nitrogen and oxygen atoms in total. The summed E-state index contributed by atoms with van der Waals surface area (Å²) >= 11 is 0. The summed E-state index contributed by atoms with van der Waals surface area (Å²) in [5, 5.41) is 0. The van der Waals surface area contributed by atoms with E-state index in [2.05, 4.69) is 24.8 Å². The Morgan fingerprint density at radius 2 is 2.10 bits per heavy atom. The molecule has 1 rings (SSSR count). The quantitative estimate of drug-likeness (QED) is 0.526. The minimum atomic E-state index is 1.09. The van der Waals surface area contributed by atoms with Crippen LogP contribution in [-0.2, 0) is 0 Å². The van der Waals surface area contributed by atoms with Gasteiger partial charge in [0.1, 0.15) is 0 Å². The monoisotopic (exact) mass is 138 g/mol. The Hall–Kier alpha value is -0.300. The third kappa shape index (κ3) is 2.53. The van der Waals surface area contributed by atoms with Gasteiger partial charge in [-0.25, -0.2) is 0 Å². The maximum absolute atomic E-state index is 3.90. The zero-order valence-electron chi connectivity index (χ0n) is 6.77. The summed E-state index contributed by atoms with van der Waals surface area (Å²) in [6.45, 7) is 9.54. The van der Waals surface area contributed by atoms with Crippen LogP contribution in [0.1, 0.15) is 19.8 Å².